The molecule has 146 valence electrons. The van der Waals surface area contributed by atoms with E-state index >= 15 is 0 Å². The van der Waals surface area contributed by atoms with Gasteiger partial charge in [0.15, 0.2) is 5.16 Å². The lowest BCUT2D eigenvalue weighted by atomic mass is 10.4. The Morgan fingerprint density at radius 1 is 1.25 bits per heavy atom. The zero-order chi connectivity index (χ0) is 19.3. The van der Waals surface area contributed by atoms with Gasteiger partial charge in [-0.2, -0.15) is 0 Å². The van der Waals surface area contributed by atoms with Gasteiger partial charge in [-0.15, -0.1) is 10.2 Å². The maximum absolute atomic E-state index is 12.5. The van der Waals surface area contributed by atoms with E-state index in [0.717, 1.165) is 37.6 Å². The molecule has 0 radical (unpaired) electrons. The second kappa shape index (κ2) is 8.42. The van der Waals surface area contributed by atoms with Crippen LogP contribution in [0.25, 0.3) is 0 Å². The maximum Gasteiger partial charge on any atom is 0.240 e. The van der Waals surface area contributed by atoms with Crippen LogP contribution >= 0.6 is 11.8 Å². The van der Waals surface area contributed by atoms with E-state index in [1.165, 1.54) is 11.8 Å². The lowest BCUT2D eigenvalue weighted by Crippen LogP contribution is -2.25. The molecule has 9 nitrogen and oxygen atoms in total. The molecule has 1 amide bonds. The Balaban J connectivity index is 1.52. The summed E-state index contributed by atoms with van der Waals surface area (Å²) in [5.74, 6) is 1.73. The third kappa shape index (κ3) is 4.16. The van der Waals surface area contributed by atoms with E-state index in [1.54, 1.807) is 24.7 Å². The van der Waals surface area contributed by atoms with Crippen LogP contribution in [0.1, 0.15) is 25.5 Å². The molecule has 28 heavy (non-hydrogen) atoms. The van der Waals surface area contributed by atoms with Crippen LogP contribution in [-0.4, -0.2) is 49.0 Å². The first-order valence-corrected chi connectivity index (χ1v) is 10.0. The molecule has 1 aliphatic heterocycles. The lowest BCUT2D eigenvalue weighted by Gasteiger charge is -2.18. The summed E-state index contributed by atoms with van der Waals surface area (Å²) in [5.41, 5.74) is 0. The fourth-order valence-electron chi connectivity index (χ4n) is 3.00. The van der Waals surface area contributed by atoms with E-state index in [1.807, 2.05) is 23.6 Å². The molecule has 0 spiro atoms. The van der Waals surface area contributed by atoms with Gasteiger partial charge in [0, 0.05) is 25.5 Å². The summed E-state index contributed by atoms with van der Waals surface area (Å²) in [5, 5.41) is 11.7. The standard InChI is InChI=1S/C18H21N7O2S/c1-13(15(26)21-16-19-7-5-8-20-16)28-18-23-22-17(24-9-2-3-10-24)25(18)12-14-6-4-11-27-14/h4-8,11,13H,2-3,9-10,12H2,1H3,(H,19,20,21,26). The molecule has 1 unspecified atom stereocenters. The number of hydrogen-bond donors (Lipinski definition) is 1. The van der Waals surface area contributed by atoms with E-state index < -0.39 is 5.25 Å². The predicted octanol–water partition coefficient (Wildman–Crippen LogP) is 2.43. The Kier molecular flexibility index (Phi) is 5.56. The van der Waals surface area contributed by atoms with Crippen molar-refractivity contribution in [3.05, 3.63) is 42.6 Å². The van der Waals surface area contributed by atoms with Gasteiger partial charge in [0.2, 0.25) is 17.8 Å². The molecule has 0 aliphatic carbocycles. The Morgan fingerprint density at radius 2 is 2.04 bits per heavy atom. The number of anilines is 2. The number of aromatic nitrogens is 5. The van der Waals surface area contributed by atoms with E-state index in [9.17, 15) is 4.79 Å². The number of carbonyl (C=O) groups excluding carboxylic acids is 1. The van der Waals surface area contributed by atoms with Crippen molar-refractivity contribution in [2.45, 2.75) is 36.7 Å². The van der Waals surface area contributed by atoms with Gasteiger partial charge in [-0.3, -0.25) is 14.7 Å². The van der Waals surface area contributed by atoms with E-state index in [0.29, 0.717) is 11.7 Å². The van der Waals surface area contributed by atoms with Crippen molar-refractivity contribution in [1.29, 1.82) is 0 Å². The zero-order valence-corrected chi connectivity index (χ0v) is 16.3. The second-order valence-corrected chi connectivity index (χ2v) is 7.77. The van der Waals surface area contributed by atoms with Gasteiger partial charge in [-0.25, -0.2) is 9.97 Å². The van der Waals surface area contributed by atoms with Gasteiger partial charge < -0.3 is 9.32 Å². The summed E-state index contributed by atoms with van der Waals surface area (Å²) in [6, 6.07) is 5.48. The molecule has 1 N–H and O–H groups in total. The van der Waals surface area contributed by atoms with Crippen molar-refractivity contribution in [1.82, 2.24) is 24.7 Å². The number of rotatable bonds is 7. The van der Waals surface area contributed by atoms with Crippen molar-refractivity contribution in [2.75, 3.05) is 23.3 Å². The molecule has 0 bridgehead atoms. The first-order valence-electron chi connectivity index (χ1n) is 9.16. The average molecular weight is 399 g/mol. The van der Waals surface area contributed by atoms with Crippen LogP contribution < -0.4 is 10.2 Å². The van der Waals surface area contributed by atoms with Gasteiger partial charge in [0.05, 0.1) is 18.1 Å². The first kappa shape index (κ1) is 18.5. The van der Waals surface area contributed by atoms with Crippen LogP contribution in [0.15, 0.2) is 46.4 Å². The summed E-state index contributed by atoms with van der Waals surface area (Å²) in [6.45, 7) is 4.26. The highest BCUT2D eigenvalue weighted by Crippen LogP contribution is 2.28. The largest absolute Gasteiger partial charge is 0.467 e. The normalized spacial score (nSPS) is 15.0. The number of nitrogens with zero attached hydrogens (tertiary/aromatic N) is 6. The summed E-state index contributed by atoms with van der Waals surface area (Å²) < 4.78 is 7.52. The van der Waals surface area contributed by atoms with Crippen molar-refractivity contribution in [3.63, 3.8) is 0 Å². The fraction of sp³-hybridized carbons (Fsp3) is 0.389. The Morgan fingerprint density at radius 3 is 2.75 bits per heavy atom. The van der Waals surface area contributed by atoms with Crippen molar-refractivity contribution in [2.24, 2.45) is 0 Å². The highest BCUT2D eigenvalue weighted by Gasteiger charge is 2.25. The number of hydrogen-bond acceptors (Lipinski definition) is 8. The molecular formula is C18H21N7O2S. The Hall–Kier alpha value is -2.88. The highest BCUT2D eigenvalue weighted by atomic mass is 32.2. The minimum atomic E-state index is -0.394. The highest BCUT2D eigenvalue weighted by molar-refractivity contribution is 8.00. The van der Waals surface area contributed by atoms with Crippen LogP contribution in [-0.2, 0) is 11.3 Å². The molecule has 1 fully saturated rings. The van der Waals surface area contributed by atoms with Crippen LogP contribution in [0.3, 0.4) is 0 Å². The Bertz CT molecular complexity index is 907. The lowest BCUT2D eigenvalue weighted by molar-refractivity contribution is -0.115. The quantitative estimate of drug-likeness (QED) is 0.605. The number of nitrogens with one attached hydrogen (secondary N) is 1. The van der Waals surface area contributed by atoms with Crippen LogP contribution in [0.5, 0.6) is 0 Å². The molecule has 4 rings (SSSR count). The number of amides is 1. The van der Waals surface area contributed by atoms with E-state index in [4.69, 9.17) is 4.42 Å². The minimum absolute atomic E-state index is 0.188. The fourth-order valence-corrected chi connectivity index (χ4v) is 3.85. The molecule has 10 heteroatoms. The summed E-state index contributed by atoms with van der Waals surface area (Å²) in [4.78, 5) is 22.8. The first-order chi connectivity index (χ1) is 13.7. The summed E-state index contributed by atoms with van der Waals surface area (Å²) in [6.07, 6.45) is 7.11. The molecule has 1 atom stereocenters. The van der Waals surface area contributed by atoms with Crippen LogP contribution in [0.2, 0.25) is 0 Å². The monoisotopic (exact) mass is 399 g/mol. The average Bonchev–Trinajstić information content (AvgIpc) is 3.46. The number of carbonyl (C=O) groups is 1. The smallest absolute Gasteiger partial charge is 0.240 e. The van der Waals surface area contributed by atoms with E-state index in [-0.39, 0.29) is 11.9 Å². The van der Waals surface area contributed by atoms with Crippen molar-refractivity contribution >= 4 is 29.6 Å². The summed E-state index contributed by atoms with van der Waals surface area (Å²) >= 11 is 1.35. The SMILES string of the molecule is CC(Sc1nnc(N2CCCC2)n1Cc1ccco1)C(=O)Nc1ncccn1. The van der Waals surface area contributed by atoms with E-state index in [2.05, 4.69) is 30.4 Å². The van der Waals surface area contributed by atoms with Gasteiger partial charge in [-0.05, 0) is 38.0 Å². The van der Waals surface area contributed by atoms with Gasteiger partial charge in [-0.1, -0.05) is 11.8 Å². The van der Waals surface area contributed by atoms with Crippen molar-refractivity contribution < 1.29 is 9.21 Å². The third-order valence-electron chi connectivity index (χ3n) is 4.43. The van der Waals surface area contributed by atoms with Gasteiger partial charge in [0.1, 0.15) is 5.76 Å². The van der Waals surface area contributed by atoms with Crippen molar-refractivity contribution in [3.8, 4) is 0 Å². The summed E-state index contributed by atoms with van der Waals surface area (Å²) in [7, 11) is 0. The van der Waals surface area contributed by atoms with Crippen LogP contribution in [0.4, 0.5) is 11.9 Å². The molecule has 1 aliphatic rings. The molecule has 3 aromatic heterocycles. The third-order valence-corrected chi connectivity index (χ3v) is 5.51. The maximum atomic E-state index is 12.5. The molecule has 0 aromatic carbocycles. The molecule has 1 saturated heterocycles. The number of thioether (sulfide) groups is 1. The van der Waals surface area contributed by atoms with Gasteiger partial charge in [0.25, 0.3) is 0 Å². The van der Waals surface area contributed by atoms with Crippen LogP contribution in [0, 0.1) is 0 Å². The molecule has 4 heterocycles. The van der Waals surface area contributed by atoms with Gasteiger partial charge >= 0.3 is 0 Å². The predicted molar refractivity (Wildman–Crippen MR) is 105 cm³/mol. The number of furan rings is 1. The minimum Gasteiger partial charge on any atom is -0.467 e. The molecular weight excluding hydrogens is 378 g/mol. The second-order valence-electron chi connectivity index (χ2n) is 6.46. The zero-order valence-electron chi connectivity index (χ0n) is 15.5. The molecule has 3 aromatic rings. The topological polar surface area (TPSA) is 102 Å². The molecule has 0 saturated carbocycles. The Labute approximate surface area is 166 Å².